The number of rotatable bonds is 2. The summed E-state index contributed by atoms with van der Waals surface area (Å²) in [5, 5.41) is 18.1. The zero-order valence-electron chi connectivity index (χ0n) is 12.3. The van der Waals surface area contributed by atoms with Crippen molar-refractivity contribution in [2.45, 2.75) is 32.2 Å². The van der Waals surface area contributed by atoms with Gasteiger partial charge in [0.1, 0.15) is 6.61 Å². The molecular weight excluding hydrogens is 266 g/mol. The topological polar surface area (TPSA) is 60.8 Å². The Morgan fingerprint density at radius 1 is 1.38 bits per heavy atom. The Labute approximate surface area is 125 Å². The normalized spacial score (nSPS) is 18.0. The van der Waals surface area contributed by atoms with Gasteiger partial charge in [0.25, 0.3) is 5.91 Å². The van der Waals surface area contributed by atoms with Crippen molar-refractivity contribution in [3.05, 3.63) is 34.9 Å². The van der Waals surface area contributed by atoms with Gasteiger partial charge in [0.15, 0.2) is 0 Å². The molecule has 1 fully saturated rings. The Bertz CT molecular complexity index is 571. The van der Waals surface area contributed by atoms with Gasteiger partial charge in [-0.15, -0.1) is 0 Å². The summed E-state index contributed by atoms with van der Waals surface area (Å²) in [6, 6.07) is 5.33. The van der Waals surface area contributed by atoms with Gasteiger partial charge in [0, 0.05) is 17.7 Å². The highest BCUT2D eigenvalue weighted by atomic mass is 16.3. The zero-order valence-corrected chi connectivity index (χ0v) is 12.3. The van der Waals surface area contributed by atoms with Crippen LogP contribution in [-0.2, 0) is 0 Å². The molecule has 1 saturated heterocycles. The molecule has 1 aliphatic rings. The lowest BCUT2D eigenvalue weighted by Crippen LogP contribution is -2.45. The van der Waals surface area contributed by atoms with Crippen LogP contribution in [0.5, 0.6) is 0 Å². The molecule has 0 radical (unpaired) electrons. The zero-order chi connectivity index (χ0) is 15.2. The Morgan fingerprint density at radius 3 is 2.86 bits per heavy atom. The van der Waals surface area contributed by atoms with Crippen molar-refractivity contribution in [3.8, 4) is 11.8 Å². The van der Waals surface area contributed by atoms with Gasteiger partial charge in [-0.05, 0) is 49.9 Å². The monoisotopic (exact) mass is 287 g/mol. The predicted octanol–water partition coefficient (Wildman–Crippen LogP) is 1.33. The summed E-state index contributed by atoms with van der Waals surface area (Å²) in [6.07, 6.45) is 2.91. The van der Waals surface area contributed by atoms with Crippen LogP contribution in [0.1, 0.15) is 40.7 Å². The van der Waals surface area contributed by atoms with Crippen LogP contribution in [0, 0.1) is 18.8 Å². The number of aliphatic hydroxyl groups excluding tert-OH is 2. The van der Waals surface area contributed by atoms with E-state index in [4.69, 9.17) is 5.11 Å². The number of amides is 1. The number of piperidine rings is 1. The van der Waals surface area contributed by atoms with E-state index in [1.165, 1.54) is 0 Å². The van der Waals surface area contributed by atoms with Gasteiger partial charge in [0.2, 0.25) is 0 Å². The fraction of sp³-hybridized carbons (Fsp3) is 0.471. The maximum Gasteiger partial charge on any atom is 0.254 e. The lowest BCUT2D eigenvalue weighted by atomic mass is 10.00. The first-order valence-corrected chi connectivity index (χ1v) is 7.29. The van der Waals surface area contributed by atoms with Crippen molar-refractivity contribution in [3.63, 3.8) is 0 Å². The van der Waals surface area contributed by atoms with Crippen molar-refractivity contribution >= 4 is 5.91 Å². The van der Waals surface area contributed by atoms with E-state index in [0.717, 1.165) is 30.4 Å². The summed E-state index contributed by atoms with van der Waals surface area (Å²) in [5.41, 5.74) is 2.36. The van der Waals surface area contributed by atoms with Gasteiger partial charge in [0.05, 0.1) is 12.6 Å². The predicted molar refractivity (Wildman–Crippen MR) is 80.9 cm³/mol. The van der Waals surface area contributed by atoms with Crippen molar-refractivity contribution in [1.82, 2.24) is 4.90 Å². The van der Waals surface area contributed by atoms with Gasteiger partial charge in [-0.2, -0.15) is 0 Å². The summed E-state index contributed by atoms with van der Waals surface area (Å²) >= 11 is 0. The quantitative estimate of drug-likeness (QED) is 0.807. The third kappa shape index (κ3) is 3.63. The van der Waals surface area contributed by atoms with Gasteiger partial charge in [-0.3, -0.25) is 4.79 Å². The van der Waals surface area contributed by atoms with E-state index in [1.54, 1.807) is 11.0 Å². The molecule has 1 amide bonds. The van der Waals surface area contributed by atoms with Crippen LogP contribution < -0.4 is 0 Å². The Kier molecular flexibility index (Phi) is 5.38. The summed E-state index contributed by atoms with van der Waals surface area (Å²) in [5.74, 6) is 5.44. The Hall–Kier alpha value is -1.83. The molecule has 21 heavy (non-hydrogen) atoms. The first-order chi connectivity index (χ1) is 10.2. The van der Waals surface area contributed by atoms with E-state index in [0.29, 0.717) is 12.1 Å². The largest absolute Gasteiger partial charge is 0.394 e. The third-order valence-electron chi connectivity index (χ3n) is 3.87. The van der Waals surface area contributed by atoms with E-state index in [-0.39, 0.29) is 25.2 Å². The van der Waals surface area contributed by atoms with Crippen LogP contribution in [0.25, 0.3) is 0 Å². The summed E-state index contributed by atoms with van der Waals surface area (Å²) in [7, 11) is 0. The van der Waals surface area contributed by atoms with E-state index >= 15 is 0 Å². The number of nitrogens with zero attached hydrogens (tertiary/aromatic N) is 1. The first-order valence-electron chi connectivity index (χ1n) is 7.29. The molecule has 0 aromatic heterocycles. The van der Waals surface area contributed by atoms with E-state index in [2.05, 4.69) is 11.8 Å². The number of aryl methyl sites for hydroxylation is 1. The molecule has 4 nitrogen and oxygen atoms in total. The SMILES string of the molecule is Cc1cc(C(=O)N2CCCCC2CO)ccc1C#CCO. The van der Waals surface area contributed by atoms with Crippen molar-refractivity contribution < 1.29 is 15.0 Å². The number of benzene rings is 1. The van der Waals surface area contributed by atoms with Crippen LogP contribution in [-0.4, -0.2) is 46.8 Å². The number of likely N-dealkylation sites (tertiary alicyclic amines) is 1. The molecule has 112 valence electrons. The molecule has 4 heteroatoms. The minimum atomic E-state index is -0.175. The minimum absolute atomic E-state index is 0.0186. The van der Waals surface area contributed by atoms with Crippen LogP contribution in [0.3, 0.4) is 0 Å². The maximum atomic E-state index is 12.6. The summed E-state index contributed by atoms with van der Waals surface area (Å²) in [4.78, 5) is 14.4. The second kappa shape index (κ2) is 7.26. The second-order valence-corrected chi connectivity index (χ2v) is 5.32. The lowest BCUT2D eigenvalue weighted by molar-refractivity contribution is 0.0503. The van der Waals surface area contributed by atoms with Crippen molar-refractivity contribution in [2.75, 3.05) is 19.8 Å². The van der Waals surface area contributed by atoms with E-state index in [1.807, 2.05) is 19.1 Å². The van der Waals surface area contributed by atoms with Gasteiger partial charge < -0.3 is 15.1 Å². The molecule has 1 aliphatic heterocycles. The standard InChI is InChI=1S/C17H21NO3/c1-13-11-15(8-7-14(13)5-4-10-19)17(21)18-9-3-2-6-16(18)12-20/h7-8,11,16,19-20H,2-3,6,9-10,12H2,1H3. The smallest absolute Gasteiger partial charge is 0.254 e. The molecular formula is C17H21NO3. The van der Waals surface area contributed by atoms with Gasteiger partial charge >= 0.3 is 0 Å². The molecule has 0 spiro atoms. The highest BCUT2D eigenvalue weighted by Crippen LogP contribution is 2.20. The van der Waals surface area contributed by atoms with E-state index < -0.39 is 0 Å². The lowest BCUT2D eigenvalue weighted by Gasteiger charge is -2.34. The highest BCUT2D eigenvalue weighted by Gasteiger charge is 2.26. The average Bonchev–Trinajstić information content (AvgIpc) is 2.53. The Morgan fingerprint density at radius 2 is 2.19 bits per heavy atom. The number of hydrogen-bond donors (Lipinski definition) is 2. The second-order valence-electron chi connectivity index (χ2n) is 5.32. The highest BCUT2D eigenvalue weighted by molar-refractivity contribution is 5.95. The van der Waals surface area contributed by atoms with Crippen molar-refractivity contribution in [2.24, 2.45) is 0 Å². The van der Waals surface area contributed by atoms with Crippen LogP contribution in [0.15, 0.2) is 18.2 Å². The van der Waals surface area contributed by atoms with Crippen LogP contribution >= 0.6 is 0 Å². The maximum absolute atomic E-state index is 12.6. The van der Waals surface area contributed by atoms with Gasteiger partial charge in [-0.25, -0.2) is 0 Å². The fourth-order valence-electron chi connectivity index (χ4n) is 2.70. The van der Waals surface area contributed by atoms with Crippen LogP contribution in [0.2, 0.25) is 0 Å². The number of aliphatic hydroxyl groups is 2. The van der Waals surface area contributed by atoms with Crippen LogP contribution in [0.4, 0.5) is 0 Å². The molecule has 2 rings (SSSR count). The molecule has 1 unspecified atom stereocenters. The molecule has 0 saturated carbocycles. The Balaban J connectivity index is 2.21. The molecule has 1 heterocycles. The van der Waals surface area contributed by atoms with Gasteiger partial charge in [-0.1, -0.05) is 11.8 Å². The molecule has 1 aromatic rings. The van der Waals surface area contributed by atoms with Crippen molar-refractivity contribution in [1.29, 1.82) is 0 Å². The minimum Gasteiger partial charge on any atom is -0.394 e. The summed E-state index contributed by atoms with van der Waals surface area (Å²) in [6.45, 7) is 2.45. The number of hydrogen-bond acceptors (Lipinski definition) is 3. The average molecular weight is 287 g/mol. The summed E-state index contributed by atoms with van der Waals surface area (Å²) < 4.78 is 0. The van der Waals surface area contributed by atoms with E-state index in [9.17, 15) is 9.90 Å². The molecule has 0 bridgehead atoms. The number of carbonyl (C=O) groups excluding carboxylic acids is 1. The molecule has 1 atom stereocenters. The molecule has 0 aliphatic carbocycles. The fourth-order valence-corrected chi connectivity index (χ4v) is 2.70. The molecule has 1 aromatic carbocycles. The molecule has 2 N–H and O–H groups in total. The number of carbonyl (C=O) groups is 1. The first kappa shape index (κ1) is 15.6. The third-order valence-corrected chi connectivity index (χ3v) is 3.87.